The minimum atomic E-state index is -0.0878. The van der Waals surface area contributed by atoms with Gasteiger partial charge < -0.3 is 24.2 Å². The summed E-state index contributed by atoms with van der Waals surface area (Å²) >= 11 is 1.60. The predicted molar refractivity (Wildman–Crippen MR) is 107 cm³/mol. The molecule has 0 amide bonds. The van der Waals surface area contributed by atoms with E-state index in [2.05, 4.69) is 4.31 Å². The first-order valence-electron chi connectivity index (χ1n) is 8.63. The Morgan fingerprint density at radius 1 is 1.19 bits per heavy atom. The first kappa shape index (κ1) is 19.0. The van der Waals surface area contributed by atoms with Crippen molar-refractivity contribution in [3.8, 4) is 5.75 Å². The molecular weight excluding hydrogens is 347 g/mol. The van der Waals surface area contributed by atoms with Crippen LogP contribution < -0.4 is 20.2 Å². The molecule has 0 saturated carbocycles. The zero-order valence-corrected chi connectivity index (χ0v) is 15.7. The standard InChI is InChI=1S/C19H23BN2O3S/c1-23-17-9-6-15(21)13-18(17)26-22(16-7-4-14(20)5-8-16)10-2-3-19-24-11-12-25-19/h4-9,13,19H,2-3,10-12,21H2,1H3. The van der Waals surface area contributed by atoms with E-state index in [-0.39, 0.29) is 6.29 Å². The summed E-state index contributed by atoms with van der Waals surface area (Å²) in [5, 5.41) is 0. The van der Waals surface area contributed by atoms with Gasteiger partial charge in [0.2, 0.25) is 0 Å². The lowest BCUT2D eigenvalue weighted by molar-refractivity contribution is -0.0471. The van der Waals surface area contributed by atoms with E-state index in [0.29, 0.717) is 18.9 Å². The Bertz CT molecular complexity index is 708. The Hall–Kier alpha value is -1.83. The molecule has 0 aromatic heterocycles. The number of nitrogen functional groups attached to an aromatic ring is 1. The lowest BCUT2D eigenvalue weighted by Crippen LogP contribution is -2.19. The van der Waals surface area contributed by atoms with Crippen molar-refractivity contribution in [2.24, 2.45) is 0 Å². The largest absolute Gasteiger partial charge is 0.496 e. The summed E-state index contributed by atoms with van der Waals surface area (Å²) in [5.74, 6) is 0.798. The summed E-state index contributed by atoms with van der Waals surface area (Å²) in [7, 11) is 7.50. The van der Waals surface area contributed by atoms with Crippen LogP contribution in [0.3, 0.4) is 0 Å². The van der Waals surface area contributed by atoms with E-state index in [1.807, 2.05) is 42.5 Å². The Morgan fingerprint density at radius 2 is 1.92 bits per heavy atom. The first-order chi connectivity index (χ1) is 12.7. The van der Waals surface area contributed by atoms with Gasteiger partial charge in [-0.15, -0.1) is 0 Å². The van der Waals surface area contributed by atoms with Gasteiger partial charge in [0.15, 0.2) is 6.29 Å². The van der Waals surface area contributed by atoms with Crippen LogP contribution in [0, 0.1) is 0 Å². The van der Waals surface area contributed by atoms with Crippen LogP contribution in [-0.2, 0) is 9.47 Å². The van der Waals surface area contributed by atoms with Crippen LogP contribution in [0.1, 0.15) is 12.8 Å². The van der Waals surface area contributed by atoms with Crippen LogP contribution in [0.4, 0.5) is 11.4 Å². The molecule has 1 saturated heterocycles. The lowest BCUT2D eigenvalue weighted by atomic mass is 9.96. The molecule has 0 unspecified atom stereocenters. The van der Waals surface area contributed by atoms with E-state index in [1.165, 1.54) is 0 Å². The van der Waals surface area contributed by atoms with E-state index in [1.54, 1.807) is 19.1 Å². The van der Waals surface area contributed by atoms with Crippen molar-refractivity contribution >= 4 is 36.6 Å². The van der Waals surface area contributed by atoms with E-state index >= 15 is 0 Å². The van der Waals surface area contributed by atoms with E-state index in [9.17, 15) is 0 Å². The van der Waals surface area contributed by atoms with Gasteiger partial charge >= 0.3 is 0 Å². The average Bonchev–Trinajstić information content (AvgIpc) is 3.15. The summed E-state index contributed by atoms with van der Waals surface area (Å²) in [4.78, 5) is 0.970. The molecule has 1 heterocycles. The van der Waals surface area contributed by atoms with Gasteiger partial charge in [-0.1, -0.05) is 17.6 Å². The van der Waals surface area contributed by atoms with E-state index in [0.717, 1.165) is 41.2 Å². The minimum Gasteiger partial charge on any atom is -0.496 e. The highest BCUT2D eigenvalue weighted by atomic mass is 32.2. The number of benzene rings is 2. The topological polar surface area (TPSA) is 57.0 Å². The molecule has 0 bridgehead atoms. The maximum Gasteiger partial charge on any atom is 0.157 e. The number of methoxy groups -OCH3 is 1. The van der Waals surface area contributed by atoms with Gasteiger partial charge in [-0.05, 0) is 48.7 Å². The second-order valence-corrected chi connectivity index (χ2v) is 7.07. The molecule has 1 aliphatic heterocycles. The molecule has 2 N–H and O–H groups in total. The molecule has 0 atom stereocenters. The number of rotatable bonds is 8. The molecule has 0 aliphatic carbocycles. The van der Waals surface area contributed by atoms with Gasteiger partial charge in [-0.2, -0.15) is 0 Å². The zero-order valence-electron chi connectivity index (χ0n) is 14.9. The lowest BCUT2D eigenvalue weighted by Gasteiger charge is -2.25. The minimum absolute atomic E-state index is 0.0878. The van der Waals surface area contributed by atoms with Crippen LogP contribution in [0.25, 0.3) is 0 Å². The van der Waals surface area contributed by atoms with Gasteiger partial charge in [0.25, 0.3) is 0 Å². The normalized spacial score (nSPS) is 14.5. The Morgan fingerprint density at radius 3 is 2.62 bits per heavy atom. The summed E-state index contributed by atoms with van der Waals surface area (Å²) < 4.78 is 18.7. The Labute approximate surface area is 160 Å². The summed E-state index contributed by atoms with van der Waals surface area (Å²) in [5.41, 5.74) is 8.48. The second kappa shape index (κ2) is 9.21. The fraction of sp³-hybridized carbons (Fsp3) is 0.368. The number of nitrogens with two attached hydrogens (primary N) is 1. The smallest absolute Gasteiger partial charge is 0.157 e. The molecule has 3 rings (SSSR count). The molecule has 136 valence electrons. The summed E-state index contributed by atoms with van der Waals surface area (Å²) in [6.45, 7) is 2.19. The molecule has 1 fully saturated rings. The zero-order chi connectivity index (χ0) is 18.4. The second-order valence-electron chi connectivity index (χ2n) is 6.01. The van der Waals surface area contributed by atoms with E-state index < -0.39 is 0 Å². The van der Waals surface area contributed by atoms with Crippen molar-refractivity contribution in [1.82, 2.24) is 0 Å². The number of nitrogens with zero attached hydrogens (tertiary/aromatic N) is 1. The highest BCUT2D eigenvalue weighted by molar-refractivity contribution is 8.00. The Balaban J connectivity index is 1.73. The molecule has 2 aromatic rings. The number of hydrogen-bond acceptors (Lipinski definition) is 6. The van der Waals surface area contributed by atoms with Crippen LogP contribution in [0.5, 0.6) is 5.75 Å². The fourth-order valence-electron chi connectivity index (χ4n) is 2.73. The average molecular weight is 370 g/mol. The highest BCUT2D eigenvalue weighted by Crippen LogP contribution is 2.36. The van der Waals surface area contributed by atoms with Gasteiger partial charge in [0, 0.05) is 24.3 Å². The molecule has 26 heavy (non-hydrogen) atoms. The molecule has 2 radical (unpaired) electrons. The van der Waals surface area contributed by atoms with Gasteiger partial charge in [-0.25, -0.2) is 0 Å². The SMILES string of the molecule is [B]c1ccc(N(CCCC2OCCO2)Sc2cc(N)ccc2OC)cc1. The number of hydrogen-bond donors (Lipinski definition) is 1. The van der Waals surface area contributed by atoms with Crippen LogP contribution in [-0.4, -0.2) is 41.0 Å². The van der Waals surface area contributed by atoms with Gasteiger partial charge in [0.05, 0.1) is 25.2 Å². The fourth-order valence-corrected chi connectivity index (χ4v) is 3.84. The van der Waals surface area contributed by atoms with Crippen molar-refractivity contribution in [2.75, 3.05) is 36.9 Å². The van der Waals surface area contributed by atoms with Crippen LogP contribution in [0.2, 0.25) is 0 Å². The molecule has 0 spiro atoms. The highest BCUT2D eigenvalue weighted by Gasteiger charge is 2.17. The molecule has 5 nitrogen and oxygen atoms in total. The van der Waals surface area contributed by atoms with Crippen molar-refractivity contribution in [2.45, 2.75) is 24.0 Å². The molecule has 7 heteroatoms. The predicted octanol–water partition coefficient (Wildman–Crippen LogP) is 2.74. The van der Waals surface area contributed by atoms with Crippen LogP contribution in [0.15, 0.2) is 47.4 Å². The maximum absolute atomic E-state index is 5.96. The third-order valence-corrected chi connectivity index (χ3v) is 5.20. The summed E-state index contributed by atoms with van der Waals surface area (Å²) in [6, 6.07) is 13.5. The maximum atomic E-state index is 5.96. The van der Waals surface area contributed by atoms with E-state index in [4.69, 9.17) is 27.8 Å². The molecule has 2 aromatic carbocycles. The third-order valence-electron chi connectivity index (χ3n) is 4.07. The summed E-state index contributed by atoms with van der Waals surface area (Å²) in [6.07, 6.45) is 1.71. The van der Waals surface area contributed by atoms with Crippen molar-refractivity contribution in [1.29, 1.82) is 0 Å². The van der Waals surface area contributed by atoms with Crippen molar-refractivity contribution in [3.05, 3.63) is 42.5 Å². The quantitative estimate of drug-likeness (QED) is 0.438. The van der Waals surface area contributed by atoms with Gasteiger partial charge in [-0.3, -0.25) is 0 Å². The van der Waals surface area contributed by atoms with Crippen molar-refractivity contribution in [3.63, 3.8) is 0 Å². The monoisotopic (exact) mass is 370 g/mol. The Kier molecular flexibility index (Phi) is 6.71. The van der Waals surface area contributed by atoms with Crippen LogP contribution >= 0.6 is 11.9 Å². The molecule has 1 aliphatic rings. The molecular formula is C19H23BN2O3S. The van der Waals surface area contributed by atoms with Gasteiger partial charge in [0.1, 0.15) is 13.6 Å². The third kappa shape index (κ3) is 5.10. The number of ether oxygens (including phenoxy) is 3. The number of anilines is 2. The first-order valence-corrected chi connectivity index (χ1v) is 9.41. The van der Waals surface area contributed by atoms with Crippen molar-refractivity contribution < 1.29 is 14.2 Å².